The molecule has 2 amide bonds. The zero-order valence-electron chi connectivity index (χ0n) is 17.7. The molecule has 1 saturated carbocycles. The molecule has 29 heavy (non-hydrogen) atoms. The standard InChI is InChI=1S/C22H33N5O2/c1-25(2)20(29)22-9-5-12-26(19(28)13-17-7-3-4-8-17)14-18(22)15-27(16-22)21-23-10-6-11-24-21/h6,10-11,17-18H,3-5,7-9,12-16H2,1-2H3/t18-,22-/m1/s1. The Bertz CT molecular complexity index is 734. The van der Waals surface area contributed by atoms with E-state index in [1.165, 1.54) is 25.7 Å². The van der Waals surface area contributed by atoms with Gasteiger partial charge in [0.1, 0.15) is 0 Å². The van der Waals surface area contributed by atoms with Crippen molar-refractivity contribution >= 4 is 17.8 Å². The second-order valence-corrected chi connectivity index (χ2v) is 9.28. The summed E-state index contributed by atoms with van der Waals surface area (Å²) in [6, 6.07) is 1.81. The Morgan fingerprint density at radius 2 is 1.86 bits per heavy atom. The third kappa shape index (κ3) is 3.96. The second-order valence-electron chi connectivity index (χ2n) is 9.28. The molecule has 3 fully saturated rings. The van der Waals surface area contributed by atoms with Crippen LogP contribution in [0, 0.1) is 17.3 Å². The molecule has 1 aromatic heterocycles. The van der Waals surface area contributed by atoms with Crippen LogP contribution in [0.3, 0.4) is 0 Å². The molecule has 158 valence electrons. The van der Waals surface area contributed by atoms with Crippen LogP contribution in [-0.4, -0.2) is 71.9 Å². The van der Waals surface area contributed by atoms with E-state index in [4.69, 9.17) is 0 Å². The van der Waals surface area contributed by atoms with Crippen LogP contribution in [0.1, 0.15) is 44.9 Å². The first-order valence-corrected chi connectivity index (χ1v) is 11.0. The Kier molecular flexibility index (Phi) is 5.74. The van der Waals surface area contributed by atoms with Crippen LogP contribution >= 0.6 is 0 Å². The zero-order chi connectivity index (χ0) is 20.4. The highest BCUT2D eigenvalue weighted by Gasteiger charge is 2.54. The Morgan fingerprint density at radius 3 is 2.55 bits per heavy atom. The van der Waals surface area contributed by atoms with Gasteiger partial charge in [0.2, 0.25) is 17.8 Å². The lowest BCUT2D eigenvalue weighted by atomic mass is 9.74. The Hall–Kier alpha value is -2.18. The van der Waals surface area contributed by atoms with Crippen molar-refractivity contribution < 1.29 is 9.59 Å². The molecule has 0 unspecified atom stereocenters. The van der Waals surface area contributed by atoms with Gasteiger partial charge in [-0.3, -0.25) is 9.59 Å². The number of nitrogens with zero attached hydrogens (tertiary/aromatic N) is 5. The first kappa shape index (κ1) is 20.1. The van der Waals surface area contributed by atoms with Crippen molar-refractivity contribution in [3.8, 4) is 0 Å². The van der Waals surface area contributed by atoms with Gasteiger partial charge in [-0.1, -0.05) is 12.8 Å². The topological polar surface area (TPSA) is 69.6 Å². The highest BCUT2D eigenvalue weighted by molar-refractivity contribution is 5.85. The number of likely N-dealkylation sites (tertiary alicyclic amines) is 1. The van der Waals surface area contributed by atoms with Crippen LogP contribution in [0.4, 0.5) is 5.95 Å². The average molecular weight is 400 g/mol. The molecule has 0 N–H and O–H groups in total. The van der Waals surface area contributed by atoms with E-state index in [0.717, 1.165) is 25.9 Å². The molecular formula is C22H33N5O2. The number of fused-ring (bicyclic) bond motifs is 1. The van der Waals surface area contributed by atoms with Crippen molar-refractivity contribution in [3.63, 3.8) is 0 Å². The van der Waals surface area contributed by atoms with E-state index >= 15 is 0 Å². The molecule has 3 heterocycles. The van der Waals surface area contributed by atoms with E-state index in [-0.39, 0.29) is 17.7 Å². The van der Waals surface area contributed by atoms with Crippen molar-refractivity contribution in [1.29, 1.82) is 0 Å². The van der Waals surface area contributed by atoms with Gasteiger partial charge in [-0.25, -0.2) is 9.97 Å². The van der Waals surface area contributed by atoms with Gasteiger partial charge in [0.15, 0.2) is 0 Å². The van der Waals surface area contributed by atoms with Crippen molar-refractivity contribution in [2.24, 2.45) is 17.3 Å². The van der Waals surface area contributed by atoms with E-state index in [1.54, 1.807) is 17.3 Å². The summed E-state index contributed by atoms with van der Waals surface area (Å²) in [6.45, 7) is 2.78. The molecule has 7 nitrogen and oxygen atoms in total. The van der Waals surface area contributed by atoms with Crippen molar-refractivity contribution in [2.75, 3.05) is 45.2 Å². The van der Waals surface area contributed by atoms with Crippen molar-refractivity contribution in [3.05, 3.63) is 18.5 Å². The summed E-state index contributed by atoms with van der Waals surface area (Å²) in [7, 11) is 3.67. The fourth-order valence-corrected chi connectivity index (χ4v) is 5.65. The number of hydrogen-bond donors (Lipinski definition) is 0. The minimum Gasteiger partial charge on any atom is -0.348 e. The summed E-state index contributed by atoms with van der Waals surface area (Å²) < 4.78 is 0. The van der Waals surface area contributed by atoms with Crippen molar-refractivity contribution in [1.82, 2.24) is 19.8 Å². The van der Waals surface area contributed by atoms with Crippen LogP contribution in [0.25, 0.3) is 0 Å². The molecular weight excluding hydrogens is 366 g/mol. The fourth-order valence-electron chi connectivity index (χ4n) is 5.65. The van der Waals surface area contributed by atoms with Crippen LogP contribution in [0.5, 0.6) is 0 Å². The van der Waals surface area contributed by atoms with Gasteiger partial charge >= 0.3 is 0 Å². The maximum atomic E-state index is 13.3. The maximum absolute atomic E-state index is 13.3. The van der Waals surface area contributed by atoms with Crippen LogP contribution in [0.2, 0.25) is 0 Å². The predicted octanol–water partition coefficient (Wildman–Crippen LogP) is 2.19. The van der Waals surface area contributed by atoms with E-state index in [0.29, 0.717) is 31.4 Å². The van der Waals surface area contributed by atoms with Gasteiger partial charge in [0.05, 0.1) is 5.41 Å². The average Bonchev–Trinajstić information content (AvgIpc) is 3.32. The van der Waals surface area contributed by atoms with Gasteiger partial charge in [0.25, 0.3) is 0 Å². The lowest BCUT2D eigenvalue weighted by Gasteiger charge is -2.34. The van der Waals surface area contributed by atoms with E-state index in [1.807, 2.05) is 25.1 Å². The van der Waals surface area contributed by atoms with Gasteiger partial charge in [-0.15, -0.1) is 0 Å². The van der Waals surface area contributed by atoms with E-state index in [2.05, 4.69) is 14.9 Å². The molecule has 1 aromatic rings. The van der Waals surface area contributed by atoms with Gasteiger partial charge < -0.3 is 14.7 Å². The maximum Gasteiger partial charge on any atom is 0.230 e. The third-order valence-corrected chi connectivity index (χ3v) is 7.14. The lowest BCUT2D eigenvalue weighted by molar-refractivity contribution is -0.142. The quantitative estimate of drug-likeness (QED) is 0.776. The van der Waals surface area contributed by atoms with E-state index in [9.17, 15) is 9.59 Å². The highest BCUT2D eigenvalue weighted by Crippen LogP contribution is 2.45. The smallest absolute Gasteiger partial charge is 0.230 e. The molecule has 0 spiro atoms. The number of aromatic nitrogens is 2. The fraction of sp³-hybridized carbons (Fsp3) is 0.727. The number of carbonyl (C=O) groups is 2. The molecule has 3 aliphatic rings. The molecule has 2 atom stereocenters. The Labute approximate surface area is 173 Å². The summed E-state index contributed by atoms with van der Waals surface area (Å²) in [4.78, 5) is 41.1. The first-order valence-electron chi connectivity index (χ1n) is 11.0. The van der Waals surface area contributed by atoms with E-state index < -0.39 is 5.41 Å². The number of carbonyl (C=O) groups excluding carboxylic acids is 2. The van der Waals surface area contributed by atoms with Gasteiger partial charge in [-0.05, 0) is 37.7 Å². The molecule has 2 saturated heterocycles. The molecule has 0 radical (unpaired) electrons. The molecule has 0 bridgehead atoms. The van der Waals surface area contributed by atoms with Crippen LogP contribution < -0.4 is 4.90 Å². The summed E-state index contributed by atoms with van der Waals surface area (Å²) in [5.41, 5.74) is -0.467. The number of hydrogen-bond acceptors (Lipinski definition) is 5. The largest absolute Gasteiger partial charge is 0.348 e. The highest BCUT2D eigenvalue weighted by atomic mass is 16.2. The predicted molar refractivity (Wildman–Crippen MR) is 111 cm³/mol. The number of amides is 2. The van der Waals surface area contributed by atoms with Crippen molar-refractivity contribution in [2.45, 2.75) is 44.9 Å². The minimum absolute atomic E-state index is 0.108. The summed E-state index contributed by atoms with van der Waals surface area (Å²) in [5, 5.41) is 0. The molecule has 2 aliphatic heterocycles. The molecule has 4 rings (SSSR count). The normalized spacial score (nSPS) is 27.6. The molecule has 1 aliphatic carbocycles. The zero-order valence-corrected chi connectivity index (χ0v) is 17.7. The summed E-state index contributed by atoms with van der Waals surface area (Å²) in [6.07, 6.45) is 10.7. The van der Waals surface area contributed by atoms with Crippen LogP contribution in [-0.2, 0) is 9.59 Å². The monoisotopic (exact) mass is 399 g/mol. The first-order chi connectivity index (χ1) is 14.0. The lowest BCUT2D eigenvalue weighted by Crippen LogP contribution is -2.47. The number of anilines is 1. The Balaban J connectivity index is 1.55. The molecule has 0 aromatic carbocycles. The van der Waals surface area contributed by atoms with Gasteiger partial charge in [0, 0.05) is 65.0 Å². The van der Waals surface area contributed by atoms with Gasteiger partial charge in [-0.2, -0.15) is 0 Å². The summed E-state index contributed by atoms with van der Waals surface area (Å²) >= 11 is 0. The SMILES string of the molecule is CN(C)C(=O)[C@@]12CCCN(C(=O)CC3CCCC3)C[C@@H]1CN(c1ncccn1)C2. The Morgan fingerprint density at radius 1 is 1.14 bits per heavy atom. The number of rotatable bonds is 4. The molecule has 7 heteroatoms. The summed E-state index contributed by atoms with van der Waals surface area (Å²) in [5.74, 6) is 1.79. The third-order valence-electron chi connectivity index (χ3n) is 7.14. The van der Waals surface area contributed by atoms with Crippen LogP contribution in [0.15, 0.2) is 18.5 Å². The minimum atomic E-state index is -0.467. The second kappa shape index (κ2) is 8.28.